The molecule has 2 rings (SSSR count). The smallest absolute Gasteiger partial charge is 0.303 e. The van der Waals surface area contributed by atoms with Crippen LogP contribution in [0.15, 0.2) is 0 Å². The predicted octanol–water partition coefficient (Wildman–Crippen LogP) is 1.66. The maximum atomic E-state index is 10.8. The maximum Gasteiger partial charge on any atom is 0.303 e. The van der Waals surface area contributed by atoms with E-state index in [0.29, 0.717) is 6.54 Å². The molecule has 0 bridgehead atoms. The Balaban J connectivity index is 2.12. The zero-order valence-corrected chi connectivity index (χ0v) is 10.4. The molecule has 5 heteroatoms. The molecule has 0 spiro atoms. The van der Waals surface area contributed by atoms with Crippen molar-refractivity contribution in [3.63, 3.8) is 0 Å². The van der Waals surface area contributed by atoms with Crippen molar-refractivity contribution in [2.45, 2.75) is 52.5 Å². The lowest BCUT2D eigenvalue weighted by molar-refractivity contribution is -0.138. The average molecular weight is 237 g/mol. The topological polar surface area (TPSA) is 68.0 Å². The normalized spacial score (nSPS) is 17.1. The minimum Gasteiger partial charge on any atom is -0.481 e. The minimum absolute atomic E-state index is 0.0610. The van der Waals surface area contributed by atoms with Crippen LogP contribution in [0.4, 0.5) is 0 Å². The van der Waals surface area contributed by atoms with Crippen molar-refractivity contribution < 1.29 is 9.90 Å². The number of carbonyl (C=O) groups is 1. The van der Waals surface area contributed by atoms with Crippen molar-refractivity contribution in [3.8, 4) is 0 Å². The molecule has 0 radical (unpaired) electrons. The van der Waals surface area contributed by atoms with E-state index < -0.39 is 5.97 Å². The van der Waals surface area contributed by atoms with E-state index in [9.17, 15) is 4.79 Å². The molecule has 5 nitrogen and oxygen atoms in total. The van der Waals surface area contributed by atoms with Gasteiger partial charge in [-0.2, -0.15) is 5.10 Å². The first-order chi connectivity index (χ1) is 8.08. The fourth-order valence-electron chi connectivity index (χ4n) is 2.17. The van der Waals surface area contributed by atoms with Gasteiger partial charge in [-0.05, 0) is 12.8 Å². The average Bonchev–Trinajstić information content (AvgIpc) is 2.90. The van der Waals surface area contributed by atoms with Gasteiger partial charge in [0.15, 0.2) is 5.82 Å². The third-order valence-corrected chi connectivity index (χ3v) is 3.39. The Morgan fingerprint density at radius 1 is 1.41 bits per heavy atom. The Bertz CT molecular complexity index is 421. The first kappa shape index (κ1) is 12.1. The van der Waals surface area contributed by atoms with Gasteiger partial charge in [0.05, 0.1) is 6.42 Å². The van der Waals surface area contributed by atoms with Gasteiger partial charge in [-0.25, -0.2) is 9.67 Å². The van der Waals surface area contributed by atoms with Crippen molar-refractivity contribution in [1.29, 1.82) is 0 Å². The van der Waals surface area contributed by atoms with Gasteiger partial charge in [-0.3, -0.25) is 4.79 Å². The molecule has 0 atom stereocenters. The van der Waals surface area contributed by atoms with Crippen molar-refractivity contribution in [1.82, 2.24) is 14.8 Å². The molecule has 1 aromatic rings. The quantitative estimate of drug-likeness (QED) is 0.817. The fraction of sp³-hybridized carbons (Fsp3) is 0.750. The van der Waals surface area contributed by atoms with E-state index in [4.69, 9.17) is 5.11 Å². The number of carboxylic acid groups (broad SMARTS) is 1. The second-order valence-electron chi connectivity index (χ2n) is 4.88. The van der Waals surface area contributed by atoms with E-state index in [1.54, 1.807) is 0 Å². The zero-order chi connectivity index (χ0) is 12.5. The molecule has 1 heterocycles. The lowest BCUT2D eigenvalue weighted by Crippen LogP contribution is -2.18. The lowest BCUT2D eigenvalue weighted by Gasteiger charge is -2.13. The zero-order valence-electron chi connectivity index (χ0n) is 10.4. The molecule has 94 valence electrons. The highest BCUT2D eigenvalue weighted by atomic mass is 16.4. The summed E-state index contributed by atoms with van der Waals surface area (Å²) in [6.07, 6.45) is 3.90. The highest BCUT2D eigenvalue weighted by molar-refractivity contribution is 5.68. The molecule has 0 aliphatic heterocycles. The molecule has 0 amide bonds. The number of aryl methyl sites for hydroxylation is 2. The number of hydrogen-bond donors (Lipinski definition) is 1. The SMILES string of the molecule is CCc1nc(CC)n(CC2(CC(=O)O)CC2)n1. The second-order valence-corrected chi connectivity index (χ2v) is 4.88. The van der Waals surface area contributed by atoms with Gasteiger partial charge in [0, 0.05) is 24.8 Å². The Labute approximate surface area is 101 Å². The van der Waals surface area contributed by atoms with Gasteiger partial charge in [-0.1, -0.05) is 13.8 Å². The highest BCUT2D eigenvalue weighted by Crippen LogP contribution is 2.50. The Morgan fingerprint density at radius 2 is 2.12 bits per heavy atom. The first-order valence-corrected chi connectivity index (χ1v) is 6.23. The molecule has 1 aromatic heterocycles. The van der Waals surface area contributed by atoms with Gasteiger partial charge in [0.1, 0.15) is 5.82 Å². The van der Waals surface area contributed by atoms with Crippen LogP contribution >= 0.6 is 0 Å². The van der Waals surface area contributed by atoms with E-state index in [2.05, 4.69) is 17.0 Å². The molecule has 0 aromatic carbocycles. The van der Waals surface area contributed by atoms with E-state index in [1.165, 1.54) is 0 Å². The molecule has 0 saturated heterocycles. The third-order valence-electron chi connectivity index (χ3n) is 3.39. The standard InChI is InChI=1S/C12H19N3O2/c1-3-9-13-10(4-2)15(14-9)8-12(5-6-12)7-11(16)17/h3-8H2,1-2H3,(H,16,17). The molecule has 0 unspecified atom stereocenters. The maximum absolute atomic E-state index is 10.8. The van der Waals surface area contributed by atoms with Gasteiger partial charge in [0.25, 0.3) is 0 Å². The van der Waals surface area contributed by atoms with E-state index >= 15 is 0 Å². The number of carboxylic acids is 1. The molecular weight excluding hydrogens is 218 g/mol. The van der Waals surface area contributed by atoms with Gasteiger partial charge < -0.3 is 5.11 Å². The molecule has 1 aliphatic carbocycles. The largest absolute Gasteiger partial charge is 0.481 e. The van der Waals surface area contributed by atoms with E-state index in [0.717, 1.165) is 37.3 Å². The summed E-state index contributed by atoms with van der Waals surface area (Å²) in [5.74, 6) is 1.11. The van der Waals surface area contributed by atoms with Crippen LogP contribution in [0, 0.1) is 5.41 Å². The molecule has 1 N–H and O–H groups in total. The van der Waals surface area contributed by atoms with E-state index in [-0.39, 0.29) is 11.8 Å². The summed E-state index contributed by atoms with van der Waals surface area (Å²) in [5.41, 5.74) is -0.0610. The number of rotatable bonds is 6. The van der Waals surface area contributed by atoms with Crippen LogP contribution in [-0.4, -0.2) is 25.8 Å². The van der Waals surface area contributed by atoms with Crippen molar-refractivity contribution >= 4 is 5.97 Å². The highest BCUT2D eigenvalue weighted by Gasteiger charge is 2.45. The third kappa shape index (κ3) is 2.65. The van der Waals surface area contributed by atoms with Crippen LogP contribution in [-0.2, 0) is 24.2 Å². The van der Waals surface area contributed by atoms with Gasteiger partial charge >= 0.3 is 5.97 Å². The van der Waals surface area contributed by atoms with Crippen molar-refractivity contribution in [3.05, 3.63) is 11.6 Å². The number of aromatic nitrogens is 3. The Morgan fingerprint density at radius 3 is 2.59 bits per heavy atom. The molecule has 1 fully saturated rings. The summed E-state index contributed by atoms with van der Waals surface area (Å²) in [6.45, 7) is 4.79. The first-order valence-electron chi connectivity index (χ1n) is 6.23. The number of nitrogens with zero attached hydrogens (tertiary/aromatic N) is 3. The lowest BCUT2D eigenvalue weighted by atomic mass is 10.0. The monoisotopic (exact) mass is 237 g/mol. The summed E-state index contributed by atoms with van der Waals surface area (Å²) >= 11 is 0. The minimum atomic E-state index is -0.712. The molecule has 17 heavy (non-hydrogen) atoms. The van der Waals surface area contributed by atoms with Crippen molar-refractivity contribution in [2.75, 3.05) is 0 Å². The van der Waals surface area contributed by atoms with Crippen LogP contribution in [0.5, 0.6) is 0 Å². The Hall–Kier alpha value is -1.39. The fourth-order valence-corrected chi connectivity index (χ4v) is 2.17. The summed E-state index contributed by atoms with van der Waals surface area (Å²) < 4.78 is 1.91. The molecule has 1 saturated carbocycles. The van der Waals surface area contributed by atoms with Gasteiger partial charge in [0.2, 0.25) is 0 Å². The molecule has 1 aliphatic rings. The van der Waals surface area contributed by atoms with Crippen molar-refractivity contribution in [2.24, 2.45) is 5.41 Å². The summed E-state index contributed by atoms with van der Waals surface area (Å²) in [6, 6.07) is 0. The molecular formula is C12H19N3O2. The van der Waals surface area contributed by atoms with E-state index in [1.807, 2.05) is 11.6 Å². The number of aliphatic carboxylic acids is 1. The predicted molar refractivity (Wildman–Crippen MR) is 62.7 cm³/mol. The second kappa shape index (κ2) is 4.47. The summed E-state index contributed by atoms with van der Waals surface area (Å²) in [7, 11) is 0. The van der Waals surface area contributed by atoms with Crippen LogP contribution < -0.4 is 0 Å². The van der Waals surface area contributed by atoms with Crippen LogP contribution in [0.1, 0.15) is 44.8 Å². The Kier molecular flexibility index (Phi) is 3.17. The number of hydrogen-bond acceptors (Lipinski definition) is 3. The van der Waals surface area contributed by atoms with Gasteiger partial charge in [-0.15, -0.1) is 0 Å². The summed E-state index contributed by atoms with van der Waals surface area (Å²) in [4.78, 5) is 15.3. The summed E-state index contributed by atoms with van der Waals surface area (Å²) in [5, 5.41) is 13.3. The van der Waals surface area contributed by atoms with Crippen LogP contribution in [0.3, 0.4) is 0 Å². The van der Waals surface area contributed by atoms with Crippen LogP contribution in [0.25, 0.3) is 0 Å². The van der Waals surface area contributed by atoms with Crippen LogP contribution in [0.2, 0.25) is 0 Å².